The predicted octanol–water partition coefficient (Wildman–Crippen LogP) is 2.23. The molecule has 2 rings (SSSR count). The van der Waals surface area contributed by atoms with E-state index in [2.05, 4.69) is 11.4 Å². The van der Waals surface area contributed by atoms with Gasteiger partial charge in [-0.3, -0.25) is 0 Å². The molecule has 0 aliphatic rings. The summed E-state index contributed by atoms with van der Waals surface area (Å²) < 4.78 is 0. The van der Waals surface area contributed by atoms with Crippen LogP contribution in [0.15, 0.2) is 42.5 Å². The first kappa shape index (κ1) is 14.0. The van der Waals surface area contributed by atoms with Crippen LogP contribution in [0.2, 0.25) is 0 Å². The van der Waals surface area contributed by atoms with Gasteiger partial charge in [0.1, 0.15) is 0 Å². The second-order valence-electron chi connectivity index (χ2n) is 5.06. The molecule has 0 heterocycles. The van der Waals surface area contributed by atoms with Crippen LogP contribution >= 0.6 is 0 Å². The molecule has 102 valence electrons. The monoisotopic (exact) mass is 259 g/mol. The average Bonchev–Trinajstić information content (AvgIpc) is 2.43. The Morgan fingerprint density at radius 3 is 2.37 bits per heavy atom. The molecule has 3 heteroatoms. The fraction of sp³-hybridized carbons (Fsp3) is 0.375. The Hall–Kier alpha value is -1.42. The first-order valence-electron chi connectivity index (χ1n) is 6.66. The summed E-state index contributed by atoms with van der Waals surface area (Å²) in [7, 11) is 0. The van der Waals surface area contributed by atoms with Gasteiger partial charge in [-0.25, -0.2) is 0 Å². The molecule has 0 radical (unpaired) electrons. The molecule has 0 aliphatic heterocycles. The van der Waals surface area contributed by atoms with E-state index in [0.717, 1.165) is 10.9 Å². The van der Waals surface area contributed by atoms with Crippen LogP contribution < -0.4 is 5.32 Å². The minimum absolute atomic E-state index is 0.0323. The summed E-state index contributed by atoms with van der Waals surface area (Å²) in [6.07, 6.45) is -0.991. The Labute approximate surface area is 113 Å². The van der Waals surface area contributed by atoms with Gasteiger partial charge in [-0.1, -0.05) is 36.4 Å². The van der Waals surface area contributed by atoms with Crippen molar-refractivity contribution in [1.82, 2.24) is 5.32 Å². The molecule has 2 aromatic carbocycles. The first-order chi connectivity index (χ1) is 9.08. The second-order valence-corrected chi connectivity index (χ2v) is 5.06. The second kappa shape index (κ2) is 6.15. The van der Waals surface area contributed by atoms with Crippen LogP contribution in [0, 0.1) is 0 Å². The van der Waals surface area contributed by atoms with Gasteiger partial charge in [-0.15, -0.1) is 0 Å². The Bertz CT molecular complexity index is 539. The molecule has 0 unspecified atom stereocenters. The zero-order valence-corrected chi connectivity index (χ0v) is 11.4. The summed E-state index contributed by atoms with van der Waals surface area (Å²) in [5.41, 5.74) is 0.893. The molecule has 19 heavy (non-hydrogen) atoms. The highest BCUT2D eigenvalue weighted by Crippen LogP contribution is 2.20. The third kappa shape index (κ3) is 3.53. The van der Waals surface area contributed by atoms with Gasteiger partial charge in [0, 0.05) is 12.6 Å². The summed E-state index contributed by atoms with van der Waals surface area (Å²) in [4.78, 5) is 0. The molecule has 3 N–H and O–H groups in total. The van der Waals surface area contributed by atoms with Crippen LogP contribution in [0.3, 0.4) is 0 Å². The van der Waals surface area contributed by atoms with Crippen LogP contribution in [0.25, 0.3) is 10.8 Å². The van der Waals surface area contributed by atoms with Crippen molar-refractivity contribution in [1.29, 1.82) is 0 Å². The molecular weight excluding hydrogens is 238 g/mol. The number of hydrogen-bond acceptors (Lipinski definition) is 3. The molecule has 2 aromatic rings. The van der Waals surface area contributed by atoms with Gasteiger partial charge in [0.25, 0.3) is 0 Å². The zero-order valence-electron chi connectivity index (χ0n) is 11.4. The maximum atomic E-state index is 10.2. The zero-order chi connectivity index (χ0) is 13.8. The van der Waals surface area contributed by atoms with E-state index in [0.29, 0.717) is 6.54 Å². The fourth-order valence-corrected chi connectivity index (χ4v) is 2.00. The van der Waals surface area contributed by atoms with Gasteiger partial charge in [0.15, 0.2) is 0 Å². The Balaban J connectivity index is 2.06. The van der Waals surface area contributed by atoms with E-state index in [1.807, 2.05) is 43.3 Å². The summed E-state index contributed by atoms with van der Waals surface area (Å²) in [6, 6.07) is 14.0. The number of aliphatic hydroxyl groups excluding tert-OH is 2. The number of hydrogen-bond donors (Lipinski definition) is 3. The third-order valence-electron chi connectivity index (χ3n) is 3.52. The number of fused-ring (bicyclic) bond motifs is 1. The van der Waals surface area contributed by atoms with Crippen molar-refractivity contribution in [2.24, 2.45) is 0 Å². The molecule has 3 nitrogen and oxygen atoms in total. The quantitative estimate of drug-likeness (QED) is 0.772. The lowest BCUT2D eigenvalue weighted by Crippen LogP contribution is -2.37. The maximum Gasteiger partial charge on any atom is 0.0914 e. The highest BCUT2D eigenvalue weighted by molar-refractivity contribution is 5.83. The van der Waals surface area contributed by atoms with E-state index in [1.54, 1.807) is 6.92 Å². The molecule has 3 atom stereocenters. The Kier molecular flexibility index (Phi) is 4.53. The molecule has 0 aromatic heterocycles. The lowest BCUT2D eigenvalue weighted by molar-refractivity contribution is 0.128. The Morgan fingerprint density at radius 2 is 1.68 bits per heavy atom. The van der Waals surface area contributed by atoms with E-state index in [1.165, 1.54) is 5.39 Å². The molecular formula is C16H21NO2. The lowest BCUT2D eigenvalue weighted by Gasteiger charge is -2.19. The minimum Gasteiger partial charge on any atom is -0.392 e. The van der Waals surface area contributed by atoms with Gasteiger partial charge in [0.2, 0.25) is 0 Å². The highest BCUT2D eigenvalue weighted by Gasteiger charge is 2.12. The van der Waals surface area contributed by atoms with Crippen LogP contribution in [0.5, 0.6) is 0 Å². The van der Waals surface area contributed by atoms with Gasteiger partial charge in [0.05, 0.1) is 12.2 Å². The van der Waals surface area contributed by atoms with Crippen molar-refractivity contribution in [3.63, 3.8) is 0 Å². The average molecular weight is 259 g/mol. The standard InChI is InChI=1S/C16H21NO2/c1-11(12(2)18)17-10-16(19)15-8-7-13-5-3-4-6-14(13)9-15/h3-9,11-12,16-19H,10H2,1-2H3/t11-,12+,16+/m1/s1. The van der Waals surface area contributed by atoms with E-state index >= 15 is 0 Å². The number of nitrogens with one attached hydrogen (secondary N) is 1. The van der Waals surface area contributed by atoms with Crippen molar-refractivity contribution in [2.75, 3.05) is 6.54 Å². The van der Waals surface area contributed by atoms with Crippen LogP contribution in [-0.2, 0) is 0 Å². The number of benzene rings is 2. The van der Waals surface area contributed by atoms with Gasteiger partial charge >= 0.3 is 0 Å². The highest BCUT2D eigenvalue weighted by atomic mass is 16.3. The van der Waals surface area contributed by atoms with Crippen molar-refractivity contribution in [2.45, 2.75) is 32.1 Å². The number of aliphatic hydroxyl groups is 2. The van der Waals surface area contributed by atoms with E-state index in [9.17, 15) is 10.2 Å². The topological polar surface area (TPSA) is 52.5 Å². The van der Waals surface area contributed by atoms with Crippen molar-refractivity contribution in [3.05, 3.63) is 48.0 Å². The summed E-state index contributed by atoms with van der Waals surface area (Å²) in [6.45, 7) is 4.07. The number of rotatable bonds is 5. The largest absolute Gasteiger partial charge is 0.392 e. The van der Waals surface area contributed by atoms with Gasteiger partial charge in [-0.2, -0.15) is 0 Å². The van der Waals surface area contributed by atoms with E-state index < -0.39 is 12.2 Å². The lowest BCUT2D eigenvalue weighted by atomic mass is 10.0. The SMILES string of the molecule is C[C@H](O)[C@@H](C)NC[C@H](O)c1ccc2ccccc2c1. The summed E-state index contributed by atoms with van der Waals surface area (Å²) >= 11 is 0. The predicted molar refractivity (Wildman–Crippen MR) is 78.1 cm³/mol. The molecule has 0 bridgehead atoms. The third-order valence-corrected chi connectivity index (χ3v) is 3.52. The van der Waals surface area contributed by atoms with Crippen molar-refractivity contribution < 1.29 is 10.2 Å². The van der Waals surface area contributed by atoms with Crippen LogP contribution in [0.1, 0.15) is 25.5 Å². The van der Waals surface area contributed by atoms with Crippen molar-refractivity contribution >= 4 is 10.8 Å². The molecule has 0 saturated carbocycles. The molecule has 0 saturated heterocycles. The summed E-state index contributed by atoms with van der Waals surface area (Å²) in [5, 5.41) is 25.0. The summed E-state index contributed by atoms with van der Waals surface area (Å²) in [5.74, 6) is 0. The van der Waals surface area contributed by atoms with E-state index in [-0.39, 0.29) is 6.04 Å². The molecule has 0 spiro atoms. The fourth-order valence-electron chi connectivity index (χ4n) is 2.00. The van der Waals surface area contributed by atoms with Crippen molar-refractivity contribution in [3.8, 4) is 0 Å². The van der Waals surface area contributed by atoms with Crippen LogP contribution in [0.4, 0.5) is 0 Å². The Morgan fingerprint density at radius 1 is 1.00 bits per heavy atom. The van der Waals surface area contributed by atoms with E-state index in [4.69, 9.17) is 0 Å². The first-order valence-corrected chi connectivity index (χ1v) is 6.66. The molecule has 0 amide bonds. The molecule has 0 fully saturated rings. The smallest absolute Gasteiger partial charge is 0.0914 e. The molecule has 0 aliphatic carbocycles. The van der Waals surface area contributed by atoms with Gasteiger partial charge < -0.3 is 15.5 Å². The normalized spacial score (nSPS) is 16.2. The maximum absolute atomic E-state index is 10.2. The van der Waals surface area contributed by atoms with Gasteiger partial charge in [-0.05, 0) is 36.2 Å². The minimum atomic E-state index is -0.564. The van der Waals surface area contributed by atoms with Crippen LogP contribution in [-0.4, -0.2) is 28.9 Å².